The van der Waals surface area contributed by atoms with E-state index in [0.717, 1.165) is 36.2 Å². The minimum Gasteiger partial charge on any atom is -0.469 e. The number of H-pyrrole nitrogens is 1. The van der Waals surface area contributed by atoms with Crippen molar-refractivity contribution in [1.29, 1.82) is 0 Å². The Labute approximate surface area is 147 Å². The summed E-state index contributed by atoms with van der Waals surface area (Å²) in [5, 5.41) is 0. The second-order valence-electron chi connectivity index (χ2n) is 6.75. The van der Waals surface area contributed by atoms with Crippen LogP contribution in [-0.2, 0) is 14.3 Å². The summed E-state index contributed by atoms with van der Waals surface area (Å²) in [4.78, 5) is 33.6. The van der Waals surface area contributed by atoms with E-state index in [4.69, 9.17) is 4.98 Å². The van der Waals surface area contributed by atoms with Crippen molar-refractivity contribution in [2.24, 2.45) is 0 Å². The molecule has 6 heteroatoms. The number of fused-ring (bicyclic) bond motifs is 1. The zero-order chi connectivity index (χ0) is 17.8. The van der Waals surface area contributed by atoms with Gasteiger partial charge in [-0.1, -0.05) is 6.07 Å². The van der Waals surface area contributed by atoms with Crippen LogP contribution in [-0.4, -0.2) is 46.9 Å². The molecule has 1 amide bonds. The lowest BCUT2D eigenvalue weighted by atomic mass is 9.97. The lowest BCUT2D eigenvalue weighted by Gasteiger charge is -2.32. The molecule has 25 heavy (non-hydrogen) atoms. The van der Waals surface area contributed by atoms with E-state index in [1.165, 1.54) is 12.7 Å². The zero-order valence-electron chi connectivity index (χ0n) is 14.9. The number of aryl methyl sites for hydroxylation is 1. The van der Waals surface area contributed by atoms with Gasteiger partial charge in [-0.3, -0.25) is 9.59 Å². The Morgan fingerprint density at radius 2 is 2.20 bits per heavy atom. The number of aromatic amines is 1. The SMILES string of the molecule is COC(=O)CCCC(=O)N1CCC[C@@H](c2nc3ccc(C)cc3[nH]2)C1. The molecule has 1 aliphatic heterocycles. The van der Waals surface area contributed by atoms with E-state index in [1.54, 1.807) is 0 Å². The van der Waals surface area contributed by atoms with E-state index in [-0.39, 0.29) is 17.8 Å². The van der Waals surface area contributed by atoms with Crippen LogP contribution < -0.4 is 0 Å². The third kappa shape index (κ3) is 4.18. The highest BCUT2D eigenvalue weighted by Crippen LogP contribution is 2.27. The highest BCUT2D eigenvalue weighted by molar-refractivity contribution is 5.78. The quantitative estimate of drug-likeness (QED) is 0.847. The van der Waals surface area contributed by atoms with Crippen LogP contribution in [0.2, 0.25) is 0 Å². The third-order valence-corrected chi connectivity index (χ3v) is 4.82. The van der Waals surface area contributed by atoms with Crippen molar-refractivity contribution < 1.29 is 14.3 Å². The number of piperidine rings is 1. The number of aromatic nitrogens is 2. The standard InChI is InChI=1S/C19H25N3O3/c1-13-8-9-15-16(11-13)21-19(20-15)14-5-4-10-22(12-14)17(23)6-3-7-18(24)25-2/h8-9,11,14H,3-7,10,12H2,1-2H3,(H,20,21)/t14-/m1/s1. The number of rotatable bonds is 5. The fourth-order valence-corrected chi connectivity index (χ4v) is 3.41. The summed E-state index contributed by atoms with van der Waals surface area (Å²) in [7, 11) is 1.37. The molecule has 2 aromatic rings. The van der Waals surface area contributed by atoms with Gasteiger partial charge in [-0.25, -0.2) is 4.98 Å². The Kier molecular flexibility index (Phi) is 5.36. The van der Waals surface area contributed by atoms with Gasteiger partial charge in [0.25, 0.3) is 0 Å². The summed E-state index contributed by atoms with van der Waals surface area (Å²) in [6, 6.07) is 6.19. The van der Waals surface area contributed by atoms with Gasteiger partial charge in [0, 0.05) is 31.8 Å². The van der Waals surface area contributed by atoms with Crippen LogP contribution in [0.1, 0.15) is 49.4 Å². The molecular weight excluding hydrogens is 318 g/mol. The second-order valence-corrected chi connectivity index (χ2v) is 6.75. The predicted molar refractivity (Wildman–Crippen MR) is 95.3 cm³/mol. The number of carbonyl (C=O) groups is 2. The molecule has 0 spiro atoms. The second kappa shape index (κ2) is 7.68. The Morgan fingerprint density at radius 1 is 1.36 bits per heavy atom. The molecule has 0 saturated carbocycles. The monoisotopic (exact) mass is 343 g/mol. The molecular formula is C19H25N3O3. The van der Waals surface area contributed by atoms with E-state index in [0.29, 0.717) is 25.8 Å². The smallest absolute Gasteiger partial charge is 0.305 e. The summed E-state index contributed by atoms with van der Waals surface area (Å²) < 4.78 is 4.61. The Hall–Kier alpha value is -2.37. The number of carbonyl (C=O) groups excluding carboxylic acids is 2. The number of esters is 1. The van der Waals surface area contributed by atoms with Gasteiger partial charge in [0.15, 0.2) is 0 Å². The zero-order valence-corrected chi connectivity index (χ0v) is 14.9. The van der Waals surface area contributed by atoms with Gasteiger partial charge < -0.3 is 14.6 Å². The molecule has 1 N–H and O–H groups in total. The van der Waals surface area contributed by atoms with Crippen molar-refractivity contribution in [1.82, 2.24) is 14.9 Å². The molecule has 0 bridgehead atoms. The van der Waals surface area contributed by atoms with Crippen molar-refractivity contribution in [3.05, 3.63) is 29.6 Å². The van der Waals surface area contributed by atoms with E-state index < -0.39 is 0 Å². The highest BCUT2D eigenvalue weighted by atomic mass is 16.5. The molecule has 134 valence electrons. The first kappa shape index (κ1) is 17.5. The molecule has 0 aliphatic carbocycles. The molecule has 1 atom stereocenters. The van der Waals surface area contributed by atoms with Gasteiger partial charge in [-0.2, -0.15) is 0 Å². The number of likely N-dealkylation sites (tertiary alicyclic amines) is 1. The molecule has 2 heterocycles. The molecule has 1 saturated heterocycles. The molecule has 1 aromatic carbocycles. The Morgan fingerprint density at radius 3 is 3.00 bits per heavy atom. The fraction of sp³-hybridized carbons (Fsp3) is 0.526. The van der Waals surface area contributed by atoms with E-state index >= 15 is 0 Å². The highest BCUT2D eigenvalue weighted by Gasteiger charge is 2.26. The van der Waals surface area contributed by atoms with Gasteiger partial charge in [0.1, 0.15) is 5.82 Å². The van der Waals surface area contributed by atoms with Gasteiger partial charge in [0.2, 0.25) is 5.91 Å². The molecule has 0 unspecified atom stereocenters. The van der Waals surface area contributed by atoms with Crippen LogP contribution in [0.4, 0.5) is 0 Å². The van der Waals surface area contributed by atoms with Crippen LogP contribution in [0, 0.1) is 6.92 Å². The number of nitrogens with zero attached hydrogens (tertiary/aromatic N) is 2. The van der Waals surface area contributed by atoms with Crippen molar-refractivity contribution in [3.63, 3.8) is 0 Å². The summed E-state index contributed by atoms with van der Waals surface area (Å²) in [5.74, 6) is 1.06. The van der Waals surface area contributed by atoms with Gasteiger partial charge in [-0.05, 0) is 43.9 Å². The van der Waals surface area contributed by atoms with Crippen LogP contribution in [0.3, 0.4) is 0 Å². The number of hydrogen-bond donors (Lipinski definition) is 1. The van der Waals surface area contributed by atoms with E-state index in [1.807, 2.05) is 11.0 Å². The first-order chi connectivity index (χ1) is 12.1. The van der Waals surface area contributed by atoms with Gasteiger partial charge in [0.05, 0.1) is 18.1 Å². The summed E-state index contributed by atoms with van der Waals surface area (Å²) in [5.41, 5.74) is 3.23. The van der Waals surface area contributed by atoms with Crippen molar-refractivity contribution in [2.75, 3.05) is 20.2 Å². The number of hydrogen-bond acceptors (Lipinski definition) is 4. The number of benzene rings is 1. The molecule has 3 rings (SSSR count). The lowest BCUT2D eigenvalue weighted by molar-refractivity contribution is -0.141. The largest absolute Gasteiger partial charge is 0.469 e. The maximum atomic E-state index is 12.4. The third-order valence-electron chi connectivity index (χ3n) is 4.82. The van der Waals surface area contributed by atoms with Crippen LogP contribution in [0.5, 0.6) is 0 Å². The fourth-order valence-electron chi connectivity index (χ4n) is 3.41. The topological polar surface area (TPSA) is 75.3 Å². The molecule has 6 nitrogen and oxygen atoms in total. The van der Waals surface area contributed by atoms with Crippen LogP contribution in [0.25, 0.3) is 11.0 Å². The molecule has 1 aliphatic rings. The first-order valence-electron chi connectivity index (χ1n) is 8.87. The van der Waals surface area contributed by atoms with Gasteiger partial charge >= 0.3 is 5.97 Å². The van der Waals surface area contributed by atoms with Crippen molar-refractivity contribution in [2.45, 2.75) is 44.9 Å². The first-order valence-corrected chi connectivity index (χ1v) is 8.87. The number of ether oxygens (including phenoxy) is 1. The molecule has 1 fully saturated rings. The van der Waals surface area contributed by atoms with E-state index in [9.17, 15) is 9.59 Å². The Balaban J connectivity index is 1.61. The average Bonchev–Trinajstić information content (AvgIpc) is 3.04. The summed E-state index contributed by atoms with van der Waals surface area (Å²) in [6.45, 7) is 3.54. The molecule has 0 radical (unpaired) electrons. The number of methoxy groups -OCH3 is 1. The predicted octanol–water partition coefficient (Wildman–Crippen LogP) is 2.92. The number of imidazole rings is 1. The Bertz CT molecular complexity index is 768. The van der Waals surface area contributed by atoms with E-state index in [2.05, 4.69) is 28.8 Å². The summed E-state index contributed by atoms with van der Waals surface area (Å²) in [6.07, 6.45) is 3.23. The minimum atomic E-state index is -0.262. The van der Waals surface area contributed by atoms with Gasteiger partial charge in [-0.15, -0.1) is 0 Å². The summed E-state index contributed by atoms with van der Waals surface area (Å²) >= 11 is 0. The average molecular weight is 343 g/mol. The molecule has 1 aromatic heterocycles. The lowest BCUT2D eigenvalue weighted by Crippen LogP contribution is -2.39. The normalized spacial score (nSPS) is 17.7. The minimum absolute atomic E-state index is 0.112. The maximum Gasteiger partial charge on any atom is 0.305 e. The van der Waals surface area contributed by atoms with Crippen LogP contribution in [0.15, 0.2) is 18.2 Å². The van der Waals surface area contributed by atoms with Crippen molar-refractivity contribution in [3.8, 4) is 0 Å². The number of nitrogens with one attached hydrogen (secondary N) is 1. The van der Waals surface area contributed by atoms with Crippen molar-refractivity contribution >= 4 is 22.9 Å². The van der Waals surface area contributed by atoms with Crippen LogP contribution >= 0.6 is 0 Å². The maximum absolute atomic E-state index is 12.4. The number of amides is 1.